The van der Waals surface area contributed by atoms with Gasteiger partial charge in [0.25, 0.3) is 0 Å². The molecule has 0 saturated heterocycles. The number of rotatable bonds is 5. The maximum atomic E-state index is 12.1. The van der Waals surface area contributed by atoms with Gasteiger partial charge in [0.05, 0.1) is 12.7 Å². The number of aromatic nitrogens is 1. The van der Waals surface area contributed by atoms with Crippen LogP contribution in [0.4, 0.5) is 16.2 Å². The Hall–Kier alpha value is -3.61. The lowest BCUT2D eigenvalue weighted by atomic mass is 10.2. The molecule has 0 bridgehead atoms. The quantitative estimate of drug-likeness (QED) is 0.639. The van der Waals surface area contributed by atoms with E-state index < -0.39 is 6.03 Å². The summed E-state index contributed by atoms with van der Waals surface area (Å²) in [6.07, 6.45) is 1.63. The minimum Gasteiger partial charge on any atom is -0.439 e. The average Bonchev–Trinajstić information content (AvgIpc) is 3.12. The number of aryl methyl sites for hydroxylation is 1. The molecule has 7 heteroatoms. The number of carbonyl (C=O) groups excluding carboxylic acids is 2. The molecule has 2 aromatic carbocycles. The van der Waals surface area contributed by atoms with Gasteiger partial charge in [-0.05, 0) is 24.6 Å². The molecule has 3 rings (SSSR count). The predicted octanol–water partition coefficient (Wildman–Crippen LogP) is 3.93. The molecule has 138 valence electrons. The van der Waals surface area contributed by atoms with Crippen molar-refractivity contribution < 1.29 is 14.0 Å². The van der Waals surface area contributed by atoms with Gasteiger partial charge in [0.15, 0.2) is 5.76 Å². The van der Waals surface area contributed by atoms with Gasteiger partial charge >= 0.3 is 6.03 Å². The SMILES string of the molecule is CC(=O)Nc1cc(NC(=O)NCc2ncc(-c3ccccc3)o2)ccc1C. The van der Waals surface area contributed by atoms with Crippen molar-refractivity contribution in [3.05, 3.63) is 66.2 Å². The molecule has 0 atom stereocenters. The first-order valence-electron chi connectivity index (χ1n) is 8.44. The summed E-state index contributed by atoms with van der Waals surface area (Å²) in [6, 6.07) is 14.5. The third-order valence-corrected chi connectivity index (χ3v) is 3.82. The van der Waals surface area contributed by atoms with Crippen molar-refractivity contribution >= 4 is 23.3 Å². The van der Waals surface area contributed by atoms with Crippen LogP contribution in [0.2, 0.25) is 0 Å². The standard InChI is InChI=1S/C20H20N4O3/c1-13-8-9-16(10-17(13)23-14(2)25)24-20(26)22-12-19-21-11-18(27-19)15-6-4-3-5-7-15/h3-11H,12H2,1-2H3,(H,23,25)(H2,22,24,26). The van der Waals surface area contributed by atoms with Gasteiger partial charge in [0.2, 0.25) is 11.8 Å². The second kappa shape index (κ2) is 8.18. The zero-order valence-electron chi connectivity index (χ0n) is 15.1. The number of anilines is 2. The number of nitrogens with zero attached hydrogens (tertiary/aromatic N) is 1. The van der Waals surface area contributed by atoms with E-state index in [1.807, 2.05) is 43.3 Å². The van der Waals surface area contributed by atoms with Crippen molar-refractivity contribution in [2.24, 2.45) is 0 Å². The summed E-state index contributed by atoms with van der Waals surface area (Å²) in [5, 5.41) is 8.14. The number of benzene rings is 2. The number of urea groups is 1. The topological polar surface area (TPSA) is 96.3 Å². The molecule has 3 amide bonds. The molecule has 0 aliphatic rings. The highest BCUT2D eigenvalue weighted by atomic mass is 16.4. The van der Waals surface area contributed by atoms with Gasteiger partial charge in [-0.25, -0.2) is 9.78 Å². The van der Waals surface area contributed by atoms with E-state index in [0.717, 1.165) is 11.1 Å². The van der Waals surface area contributed by atoms with Crippen molar-refractivity contribution in [1.82, 2.24) is 10.3 Å². The molecule has 0 saturated carbocycles. The van der Waals surface area contributed by atoms with Gasteiger partial charge < -0.3 is 20.4 Å². The molecule has 0 radical (unpaired) electrons. The highest BCUT2D eigenvalue weighted by molar-refractivity contribution is 5.93. The van der Waals surface area contributed by atoms with Crippen molar-refractivity contribution in [3.8, 4) is 11.3 Å². The highest BCUT2D eigenvalue weighted by Gasteiger charge is 2.09. The summed E-state index contributed by atoms with van der Waals surface area (Å²) < 4.78 is 5.65. The summed E-state index contributed by atoms with van der Waals surface area (Å²) in [5.74, 6) is 0.885. The van der Waals surface area contributed by atoms with Gasteiger partial charge in [-0.3, -0.25) is 4.79 Å². The zero-order chi connectivity index (χ0) is 19.2. The van der Waals surface area contributed by atoms with E-state index in [0.29, 0.717) is 23.0 Å². The predicted molar refractivity (Wildman–Crippen MR) is 103 cm³/mol. The lowest BCUT2D eigenvalue weighted by Crippen LogP contribution is -2.28. The second-order valence-corrected chi connectivity index (χ2v) is 6.00. The maximum absolute atomic E-state index is 12.1. The van der Waals surface area contributed by atoms with Crippen molar-refractivity contribution in [2.75, 3.05) is 10.6 Å². The van der Waals surface area contributed by atoms with Crippen LogP contribution in [0.25, 0.3) is 11.3 Å². The normalized spacial score (nSPS) is 10.3. The fraction of sp³-hybridized carbons (Fsp3) is 0.150. The van der Waals surface area contributed by atoms with Crippen LogP contribution in [0, 0.1) is 6.92 Å². The van der Waals surface area contributed by atoms with Crippen LogP contribution in [-0.2, 0) is 11.3 Å². The number of nitrogens with one attached hydrogen (secondary N) is 3. The number of hydrogen-bond acceptors (Lipinski definition) is 4. The first-order valence-corrected chi connectivity index (χ1v) is 8.44. The largest absolute Gasteiger partial charge is 0.439 e. The monoisotopic (exact) mass is 364 g/mol. The number of carbonyl (C=O) groups is 2. The maximum Gasteiger partial charge on any atom is 0.319 e. The van der Waals surface area contributed by atoms with Crippen LogP contribution in [0.1, 0.15) is 18.4 Å². The third-order valence-electron chi connectivity index (χ3n) is 3.82. The molecule has 0 aliphatic carbocycles. The molecule has 27 heavy (non-hydrogen) atoms. The molecular weight excluding hydrogens is 344 g/mol. The Kier molecular flexibility index (Phi) is 5.51. The number of amides is 3. The molecule has 7 nitrogen and oxygen atoms in total. The Bertz CT molecular complexity index is 951. The number of oxazole rings is 1. The minimum absolute atomic E-state index is 0.156. The summed E-state index contributed by atoms with van der Waals surface area (Å²) in [6.45, 7) is 3.47. The van der Waals surface area contributed by atoms with E-state index in [-0.39, 0.29) is 12.5 Å². The van der Waals surface area contributed by atoms with Crippen molar-refractivity contribution in [2.45, 2.75) is 20.4 Å². The van der Waals surface area contributed by atoms with Crippen molar-refractivity contribution in [1.29, 1.82) is 0 Å². The first kappa shape index (κ1) is 18.2. The number of hydrogen-bond donors (Lipinski definition) is 3. The third kappa shape index (κ3) is 4.94. The van der Waals surface area contributed by atoms with E-state index >= 15 is 0 Å². The molecule has 3 aromatic rings. The van der Waals surface area contributed by atoms with Crippen LogP contribution in [-0.4, -0.2) is 16.9 Å². The second-order valence-electron chi connectivity index (χ2n) is 6.00. The Balaban J connectivity index is 1.57. The van der Waals surface area contributed by atoms with Crippen LogP contribution < -0.4 is 16.0 Å². The van der Waals surface area contributed by atoms with Gasteiger partial charge in [-0.15, -0.1) is 0 Å². The lowest BCUT2D eigenvalue weighted by Gasteiger charge is -2.10. The zero-order valence-corrected chi connectivity index (χ0v) is 15.1. The Morgan fingerprint density at radius 3 is 2.59 bits per heavy atom. The molecule has 3 N–H and O–H groups in total. The smallest absolute Gasteiger partial charge is 0.319 e. The first-order chi connectivity index (χ1) is 13.0. The van der Waals surface area contributed by atoms with E-state index in [4.69, 9.17) is 4.42 Å². The fourth-order valence-corrected chi connectivity index (χ4v) is 2.48. The van der Waals surface area contributed by atoms with Crippen LogP contribution >= 0.6 is 0 Å². The summed E-state index contributed by atoms with van der Waals surface area (Å²) in [5.41, 5.74) is 3.05. The van der Waals surface area contributed by atoms with Gasteiger partial charge in [0.1, 0.15) is 0 Å². The highest BCUT2D eigenvalue weighted by Crippen LogP contribution is 2.21. The Morgan fingerprint density at radius 2 is 1.85 bits per heavy atom. The van der Waals surface area contributed by atoms with E-state index in [2.05, 4.69) is 20.9 Å². The van der Waals surface area contributed by atoms with Gasteiger partial charge in [-0.1, -0.05) is 36.4 Å². The van der Waals surface area contributed by atoms with Crippen LogP contribution in [0.15, 0.2) is 59.1 Å². The minimum atomic E-state index is -0.396. The molecule has 0 spiro atoms. The van der Waals surface area contributed by atoms with Crippen LogP contribution in [0.5, 0.6) is 0 Å². The van der Waals surface area contributed by atoms with Gasteiger partial charge in [-0.2, -0.15) is 0 Å². The van der Waals surface area contributed by atoms with Crippen LogP contribution in [0.3, 0.4) is 0 Å². The Morgan fingerprint density at radius 1 is 1.07 bits per heavy atom. The molecule has 1 aromatic heterocycles. The average molecular weight is 364 g/mol. The molecule has 0 fully saturated rings. The lowest BCUT2D eigenvalue weighted by molar-refractivity contribution is -0.114. The summed E-state index contributed by atoms with van der Waals surface area (Å²) in [7, 11) is 0. The molecule has 0 aliphatic heterocycles. The molecular formula is C20H20N4O3. The van der Waals surface area contributed by atoms with E-state index in [1.165, 1.54) is 6.92 Å². The van der Waals surface area contributed by atoms with E-state index in [9.17, 15) is 9.59 Å². The summed E-state index contributed by atoms with van der Waals surface area (Å²) in [4.78, 5) is 27.5. The molecule has 0 unspecified atom stereocenters. The van der Waals surface area contributed by atoms with Gasteiger partial charge in [0, 0.05) is 23.9 Å². The molecule has 1 heterocycles. The fourth-order valence-electron chi connectivity index (χ4n) is 2.48. The summed E-state index contributed by atoms with van der Waals surface area (Å²) >= 11 is 0. The van der Waals surface area contributed by atoms with Crippen molar-refractivity contribution in [3.63, 3.8) is 0 Å². The van der Waals surface area contributed by atoms with E-state index in [1.54, 1.807) is 18.3 Å². The Labute approximate surface area is 156 Å².